The highest BCUT2D eigenvalue weighted by molar-refractivity contribution is 8.18. The van der Waals surface area contributed by atoms with E-state index in [4.69, 9.17) is 10.5 Å². The van der Waals surface area contributed by atoms with E-state index in [1.165, 1.54) is 23.9 Å². The maximum absolute atomic E-state index is 13.5. The zero-order valence-corrected chi connectivity index (χ0v) is 14.9. The first-order valence-corrected chi connectivity index (χ1v) is 9.12. The zero-order chi connectivity index (χ0) is 18.5. The molecule has 1 amide bonds. The summed E-state index contributed by atoms with van der Waals surface area (Å²) in [5.74, 6) is -1.42. The van der Waals surface area contributed by atoms with Crippen molar-refractivity contribution in [3.05, 3.63) is 34.5 Å². The molecule has 0 aromatic heterocycles. The first-order valence-electron chi connectivity index (χ1n) is 8.31. The van der Waals surface area contributed by atoms with Crippen molar-refractivity contribution >= 4 is 34.9 Å². The molecule has 3 N–H and O–H groups in total. The quantitative estimate of drug-likeness (QED) is 0.467. The van der Waals surface area contributed by atoms with E-state index < -0.39 is 11.8 Å². The average Bonchev–Trinajstić information content (AvgIpc) is 2.99. The number of carbonyl (C=O) groups excluding carboxylic acids is 2. The Kier molecular flexibility index (Phi) is 6.02. The van der Waals surface area contributed by atoms with Crippen LogP contribution in [0.2, 0.25) is 0 Å². The highest BCUT2D eigenvalue weighted by atomic mass is 32.2. The van der Waals surface area contributed by atoms with Gasteiger partial charge in [0.05, 0.1) is 11.3 Å². The maximum atomic E-state index is 13.5. The van der Waals surface area contributed by atoms with E-state index in [1.54, 1.807) is 6.08 Å². The number of ether oxygens (including phenoxy) is 1. The van der Waals surface area contributed by atoms with E-state index >= 15 is 0 Å². The molecular weight excluding hydrogens is 359 g/mol. The molecule has 2 aliphatic rings. The molecular formula is C17H19FN4O3S. The Morgan fingerprint density at radius 2 is 2.31 bits per heavy atom. The van der Waals surface area contributed by atoms with Crippen LogP contribution in [-0.4, -0.2) is 41.7 Å². The number of aliphatic imine (C=N–C) groups is 1. The first kappa shape index (κ1) is 18.6. The smallest absolute Gasteiger partial charge is 0.312 e. The molecule has 3 rings (SSSR count). The Bertz CT molecular complexity index is 775. The van der Waals surface area contributed by atoms with Crippen molar-refractivity contribution in [3.8, 4) is 5.75 Å². The van der Waals surface area contributed by atoms with Crippen molar-refractivity contribution < 1.29 is 18.7 Å². The molecule has 0 unspecified atom stereocenters. The lowest BCUT2D eigenvalue weighted by Gasteiger charge is -2.28. The van der Waals surface area contributed by atoms with Gasteiger partial charge in [-0.25, -0.2) is 9.82 Å². The number of halogens is 1. The minimum Gasteiger partial charge on any atom is -0.426 e. The third-order valence-electron chi connectivity index (χ3n) is 3.79. The molecule has 0 radical (unpaired) electrons. The van der Waals surface area contributed by atoms with E-state index in [9.17, 15) is 14.0 Å². The molecule has 7 nitrogen and oxygen atoms in total. The number of rotatable bonds is 4. The molecule has 1 fully saturated rings. The van der Waals surface area contributed by atoms with E-state index in [-0.39, 0.29) is 24.6 Å². The summed E-state index contributed by atoms with van der Waals surface area (Å²) in [6, 6.07) is 3.81. The number of esters is 1. The van der Waals surface area contributed by atoms with Crippen molar-refractivity contribution in [1.29, 1.82) is 0 Å². The van der Waals surface area contributed by atoms with E-state index in [1.807, 2.05) is 5.01 Å². The molecule has 0 saturated carbocycles. The van der Waals surface area contributed by atoms with Crippen molar-refractivity contribution in [3.63, 3.8) is 0 Å². The third-order valence-corrected chi connectivity index (χ3v) is 4.79. The molecule has 0 spiro atoms. The van der Waals surface area contributed by atoms with Crippen LogP contribution in [0.3, 0.4) is 0 Å². The summed E-state index contributed by atoms with van der Waals surface area (Å²) in [6.45, 7) is 1.76. The maximum Gasteiger partial charge on any atom is 0.312 e. The predicted octanol–water partition coefficient (Wildman–Crippen LogP) is 1.65. The summed E-state index contributed by atoms with van der Waals surface area (Å²) >= 11 is 1.23. The number of carbonyl (C=O) groups is 2. The van der Waals surface area contributed by atoms with Crippen molar-refractivity contribution in [2.24, 2.45) is 10.7 Å². The largest absolute Gasteiger partial charge is 0.426 e. The topological polar surface area (TPSA) is 97.0 Å². The van der Waals surface area contributed by atoms with E-state index in [0.717, 1.165) is 32.0 Å². The van der Waals surface area contributed by atoms with Crippen molar-refractivity contribution in [2.45, 2.75) is 19.3 Å². The highest BCUT2D eigenvalue weighted by Crippen LogP contribution is 2.32. The Labute approximate surface area is 154 Å². The lowest BCUT2D eigenvalue weighted by atomic mass is 10.1. The summed E-state index contributed by atoms with van der Waals surface area (Å²) < 4.78 is 18.7. The van der Waals surface area contributed by atoms with Gasteiger partial charge in [0.2, 0.25) is 0 Å². The van der Waals surface area contributed by atoms with Gasteiger partial charge in [0.15, 0.2) is 5.17 Å². The molecule has 1 aromatic rings. The fourth-order valence-electron chi connectivity index (χ4n) is 2.51. The highest BCUT2D eigenvalue weighted by Gasteiger charge is 2.27. The SMILES string of the molecule is NCCC(=O)Oc1cc(F)ccc1/C=C1/SC(N2CCCCN2)=NC1=O. The Hall–Kier alpha value is -2.23. The second kappa shape index (κ2) is 8.43. The molecule has 26 heavy (non-hydrogen) atoms. The molecule has 2 aliphatic heterocycles. The van der Waals surface area contributed by atoms with E-state index in [2.05, 4.69) is 10.4 Å². The van der Waals surface area contributed by atoms with E-state index in [0.29, 0.717) is 15.6 Å². The molecule has 1 saturated heterocycles. The number of nitrogens with zero attached hydrogens (tertiary/aromatic N) is 2. The number of amides is 1. The van der Waals surface area contributed by atoms with Crippen LogP contribution in [0.25, 0.3) is 6.08 Å². The van der Waals surface area contributed by atoms with Crippen molar-refractivity contribution in [2.75, 3.05) is 19.6 Å². The minimum atomic E-state index is -0.558. The molecule has 0 aliphatic carbocycles. The third kappa shape index (κ3) is 4.48. The van der Waals surface area contributed by atoms with Gasteiger partial charge in [-0.15, -0.1) is 0 Å². The number of amidine groups is 1. The van der Waals surface area contributed by atoms with Crippen LogP contribution in [0.5, 0.6) is 5.75 Å². The Morgan fingerprint density at radius 3 is 3.04 bits per heavy atom. The molecule has 2 heterocycles. The lowest BCUT2D eigenvalue weighted by molar-refractivity contribution is -0.134. The van der Waals surface area contributed by atoms with Crippen molar-refractivity contribution in [1.82, 2.24) is 10.4 Å². The number of thioether (sulfide) groups is 1. The first-order chi connectivity index (χ1) is 12.6. The van der Waals surface area contributed by atoms with Crippen LogP contribution in [0.1, 0.15) is 24.8 Å². The monoisotopic (exact) mass is 378 g/mol. The standard InChI is InChI=1S/C17H19FN4O3S/c18-12-4-3-11(13(10-12)25-15(23)5-6-19)9-14-16(24)21-17(26-14)22-8-2-1-7-20-22/h3-4,9-10,20H,1-2,5-8,19H2/b14-9+. The van der Waals surface area contributed by atoms with Crippen LogP contribution in [0, 0.1) is 5.82 Å². The lowest BCUT2D eigenvalue weighted by Crippen LogP contribution is -2.45. The number of hydrogen-bond acceptors (Lipinski definition) is 7. The van der Waals surface area contributed by atoms with Gasteiger partial charge in [-0.1, -0.05) is 0 Å². The average molecular weight is 378 g/mol. The summed E-state index contributed by atoms with van der Waals surface area (Å²) in [4.78, 5) is 28.3. The molecule has 0 bridgehead atoms. The number of hydrazine groups is 1. The van der Waals surface area contributed by atoms with Gasteiger partial charge in [-0.05, 0) is 42.8 Å². The minimum absolute atomic E-state index is 0.0219. The van der Waals surface area contributed by atoms with Gasteiger partial charge in [0.25, 0.3) is 5.91 Å². The Morgan fingerprint density at radius 1 is 1.46 bits per heavy atom. The molecule has 1 aromatic carbocycles. The summed E-state index contributed by atoms with van der Waals surface area (Å²) in [7, 11) is 0. The van der Waals surface area contributed by atoms with Gasteiger partial charge in [-0.2, -0.15) is 4.99 Å². The van der Waals surface area contributed by atoms with Gasteiger partial charge in [-0.3, -0.25) is 14.6 Å². The predicted molar refractivity (Wildman–Crippen MR) is 97.7 cm³/mol. The fraction of sp³-hybridized carbons (Fsp3) is 0.353. The molecule has 9 heteroatoms. The number of nitrogens with one attached hydrogen (secondary N) is 1. The summed E-state index contributed by atoms with van der Waals surface area (Å²) in [5, 5.41) is 2.45. The number of benzene rings is 1. The van der Waals surface area contributed by atoms with Gasteiger partial charge >= 0.3 is 5.97 Å². The Balaban J connectivity index is 1.79. The molecule has 138 valence electrons. The van der Waals surface area contributed by atoms with Gasteiger partial charge < -0.3 is 10.5 Å². The van der Waals surface area contributed by atoms with Crippen LogP contribution >= 0.6 is 11.8 Å². The van der Waals surface area contributed by atoms with Crippen LogP contribution in [0.15, 0.2) is 28.1 Å². The van der Waals surface area contributed by atoms with Crippen LogP contribution in [0.4, 0.5) is 4.39 Å². The summed E-state index contributed by atoms with van der Waals surface area (Å²) in [5.41, 5.74) is 8.95. The van der Waals surface area contributed by atoms with Gasteiger partial charge in [0.1, 0.15) is 11.6 Å². The van der Waals surface area contributed by atoms with Crippen LogP contribution < -0.4 is 15.9 Å². The molecule has 0 atom stereocenters. The second-order valence-electron chi connectivity index (χ2n) is 5.77. The van der Waals surface area contributed by atoms with Gasteiger partial charge in [0, 0.05) is 31.3 Å². The number of hydrogen-bond donors (Lipinski definition) is 2. The summed E-state index contributed by atoms with van der Waals surface area (Å²) in [6.07, 6.45) is 3.68. The van der Waals surface area contributed by atoms with Crippen LogP contribution in [-0.2, 0) is 9.59 Å². The number of nitrogens with two attached hydrogens (primary N) is 1. The normalized spacial score (nSPS) is 19.0. The zero-order valence-electron chi connectivity index (χ0n) is 14.0. The fourth-order valence-corrected chi connectivity index (χ4v) is 3.42. The second-order valence-corrected chi connectivity index (χ2v) is 6.78.